The normalized spacial score (nSPS) is 11.6. The molecule has 0 bridgehead atoms. The first-order chi connectivity index (χ1) is 12.1. The minimum Gasteiger partial charge on any atom is -0.378 e. The molecule has 2 N–H and O–H groups in total. The van der Waals surface area contributed by atoms with Crippen LogP contribution in [0.4, 0.5) is 11.4 Å². The molecule has 4 nitrogen and oxygen atoms in total. The Morgan fingerprint density at radius 3 is 2.56 bits per heavy atom. The number of amides is 1. The molecule has 1 amide bonds. The standard InChI is InChI=1S/C20H18ClN3O/c1-14(15-6-3-2-4-7-15)23-18-10-11-22-19(13-18)20(25)24-17-9-5-8-16(21)12-17/h2-14H,1H3,(H,22,23)(H,24,25). The van der Waals surface area contributed by atoms with Crippen molar-refractivity contribution >= 4 is 28.9 Å². The molecule has 0 saturated carbocycles. The van der Waals surface area contributed by atoms with Crippen LogP contribution < -0.4 is 10.6 Å². The summed E-state index contributed by atoms with van der Waals surface area (Å²) in [6, 6.07) is 20.8. The average molecular weight is 352 g/mol. The Labute approximate surface area is 151 Å². The third kappa shape index (κ3) is 4.58. The highest BCUT2D eigenvalue weighted by Crippen LogP contribution is 2.20. The maximum atomic E-state index is 12.4. The Bertz CT molecular complexity index is 868. The van der Waals surface area contributed by atoms with E-state index in [1.807, 2.05) is 24.3 Å². The SMILES string of the molecule is CC(Nc1ccnc(C(=O)Nc2cccc(Cl)c2)c1)c1ccccc1. The summed E-state index contributed by atoms with van der Waals surface area (Å²) in [4.78, 5) is 16.5. The van der Waals surface area contributed by atoms with E-state index in [9.17, 15) is 4.79 Å². The third-order valence-electron chi connectivity index (χ3n) is 3.76. The van der Waals surface area contributed by atoms with Gasteiger partial charge in [-0.1, -0.05) is 48.0 Å². The van der Waals surface area contributed by atoms with Crippen molar-refractivity contribution in [2.75, 3.05) is 10.6 Å². The van der Waals surface area contributed by atoms with Crippen LogP contribution in [0.5, 0.6) is 0 Å². The van der Waals surface area contributed by atoms with E-state index in [0.29, 0.717) is 16.4 Å². The molecule has 126 valence electrons. The fourth-order valence-corrected chi connectivity index (χ4v) is 2.67. The lowest BCUT2D eigenvalue weighted by Crippen LogP contribution is -2.14. The van der Waals surface area contributed by atoms with E-state index in [2.05, 4.69) is 34.7 Å². The summed E-state index contributed by atoms with van der Waals surface area (Å²) in [6.45, 7) is 2.07. The number of hydrogen-bond acceptors (Lipinski definition) is 3. The number of halogens is 1. The lowest BCUT2D eigenvalue weighted by Gasteiger charge is -2.16. The molecule has 0 radical (unpaired) electrons. The summed E-state index contributed by atoms with van der Waals surface area (Å²) >= 11 is 5.94. The molecule has 0 aliphatic heterocycles. The van der Waals surface area contributed by atoms with Gasteiger partial charge in [0.05, 0.1) is 0 Å². The highest BCUT2D eigenvalue weighted by atomic mass is 35.5. The molecular weight excluding hydrogens is 334 g/mol. The lowest BCUT2D eigenvalue weighted by atomic mass is 10.1. The van der Waals surface area contributed by atoms with E-state index in [1.165, 1.54) is 5.56 Å². The van der Waals surface area contributed by atoms with Gasteiger partial charge < -0.3 is 10.6 Å². The summed E-state index contributed by atoms with van der Waals surface area (Å²) in [7, 11) is 0. The zero-order valence-corrected chi connectivity index (χ0v) is 14.5. The number of aromatic nitrogens is 1. The summed E-state index contributed by atoms with van der Waals surface area (Å²) in [5.41, 5.74) is 2.98. The van der Waals surface area contributed by atoms with Crippen molar-refractivity contribution in [2.24, 2.45) is 0 Å². The van der Waals surface area contributed by atoms with Crippen LogP contribution >= 0.6 is 11.6 Å². The van der Waals surface area contributed by atoms with Crippen LogP contribution in [-0.2, 0) is 0 Å². The van der Waals surface area contributed by atoms with Gasteiger partial charge in [0.1, 0.15) is 5.69 Å². The Morgan fingerprint density at radius 1 is 1.00 bits per heavy atom. The third-order valence-corrected chi connectivity index (χ3v) is 3.99. The molecule has 1 unspecified atom stereocenters. The van der Waals surface area contributed by atoms with Crippen LogP contribution in [0.25, 0.3) is 0 Å². The van der Waals surface area contributed by atoms with Crippen molar-refractivity contribution in [1.29, 1.82) is 0 Å². The van der Waals surface area contributed by atoms with Crippen molar-refractivity contribution in [3.05, 3.63) is 89.2 Å². The number of pyridine rings is 1. The first-order valence-electron chi connectivity index (χ1n) is 7.96. The number of carbonyl (C=O) groups excluding carboxylic acids is 1. The molecule has 1 heterocycles. The van der Waals surface area contributed by atoms with Gasteiger partial charge >= 0.3 is 0 Å². The summed E-state index contributed by atoms with van der Waals surface area (Å²) in [5.74, 6) is -0.279. The predicted octanol–water partition coefficient (Wildman–Crippen LogP) is 5.16. The molecule has 0 fully saturated rings. The molecule has 0 aliphatic rings. The van der Waals surface area contributed by atoms with Gasteiger partial charge in [-0.25, -0.2) is 0 Å². The van der Waals surface area contributed by atoms with Gasteiger partial charge in [0.25, 0.3) is 5.91 Å². The van der Waals surface area contributed by atoms with Gasteiger partial charge in [0.15, 0.2) is 0 Å². The Balaban J connectivity index is 1.71. The van der Waals surface area contributed by atoms with Gasteiger partial charge in [-0.2, -0.15) is 0 Å². The second-order valence-corrected chi connectivity index (χ2v) is 6.11. The van der Waals surface area contributed by atoms with Gasteiger partial charge in [0, 0.05) is 28.6 Å². The number of nitrogens with one attached hydrogen (secondary N) is 2. The van der Waals surface area contributed by atoms with Crippen LogP contribution in [0.15, 0.2) is 72.9 Å². The largest absolute Gasteiger partial charge is 0.378 e. The zero-order chi connectivity index (χ0) is 17.6. The number of benzene rings is 2. The predicted molar refractivity (Wildman–Crippen MR) is 102 cm³/mol. The second kappa shape index (κ2) is 7.81. The van der Waals surface area contributed by atoms with Crippen molar-refractivity contribution in [3.8, 4) is 0 Å². The number of rotatable bonds is 5. The molecule has 2 aromatic carbocycles. The molecule has 0 aliphatic carbocycles. The Hall–Kier alpha value is -2.85. The smallest absolute Gasteiger partial charge is 0.274 e. The number of anilines is 2. The fraction of sp³-hybridized carbons (Fsp3) is 0.100. The van der Waals surface area contributed by atoms with Crippen molar-refractivity contribution < 1.29 is 4.79 Å². The van der Waals surface area contributed by atoms with E-state index in [0.717, 1.165) is 5.69 Å². The van der Waals surface area contributed by atoms with Crippen LogP contribution in [0, 0.1) is 0 Å². The Kier molecular flexibility index (Phi) is 5.31. The number of carbonyl (C=O) groups is 1. The molecule has 1 aromatic heterocycles. The van der Waals surface area contributed by atoms with E-state index in [1.54, 1.807) is 36.5 Å². The molecule has 0 saturated heterocycles. The maximum Gasteiger partial charge on any atom is 0.274 e. The number of hydrogen-bond donors (Lipinski definition) is 2. The van der Waals surface area contributed by atoms with Crippen LogP contribution in [0.1, 0.15) is 29.0 Å². The minimum atomic E-state index is -0.279. The number of nitrogens with zero attached hydrogens (tertiary/aromatic N) is 1. The second-order valence-electron chi connectivity index (χ2n) is 5.67. The zero-order valence-electron chi connectivity index (χ0n) is 13.7. The summed E-state index contributed by atoms with van der Waals surface area (Å²) < 4.78 is 0. The molecule has 0 spiro atoms. The quantitative estimate of drug-likeness (QED) is 0.667. The van der Waals surface area contributed by atoms with E-state index < -0.39 is 0 Å². The monoisotopic (exact) mass is 351 g/mol. The van der Waals surface area contributed by atoms with Crippen molar-refractivity contribution in [1.82, 2.24) is 4.98 Å². The average Bonchev–Trinajstić information content (AvgIpc) is 2.62. The van der Waals surface area contributed by atoms with Gasteiger partial charge in [0.2, 0.25) is 0 Å². The van der Waals surface area contributed by atoms with E-state index >= 15 is 0 Å². The molecule has 3 rings (SSSR count). The van der Waals surface area contributed by atoms with Crippen LogP contribution in [-0.4, -0.2) is 10.9 Å². The first kappa shape index (κ1) is 17.0. The highest BCUT2D eigenvalue weighted by Gasteiger charge is 2.10. The highest BCUT2D eigenvalue weighted by molar-refractivity contribution is 6.30. The van der Waals surface area contributed by atoms with Gasteiger partial charge in [-0.05, 0) is 42.8 Å². The molecular formula is C20H18ClN3O. The van der Waals surface area contributed by atoms with Crippen molar-refractivity contribution in [2.45, 2.75) is 13.0 Å². The maximum absolute atomic E-state index is 12.4. The molecule has 25 heavy (non-hydrogen) atoms. The summed E-state index contributed by atoms with van der Waals surface area (Å²) in [6.07, 6.45) is 1.62. The minimum absolute atomic E-state index is 0.118. The van der Waals surface area contributed by atoms with Crippen molar-refractivity contribution in [3.63, 3.8) is 0 Å². The van der Waals surface area contributed by atoms with Gasteiger partial charge in [-0.15, -0.1) is 0 Å². The lowest BCUT2D eigenvalue weighted by molar-refractivity contribution is 0.102. The van der Waals surface area contributed by atoms with Crippen LogP contribution in [0.2, 0.25) is 5.02 Å². The fourth-order valence-electron chi connectivity index (χ4n) is 2.48. The van der Waals surface area contributed by atoms with E-state index in [4.69, 9.17) is 11.6 Å². The topological polar surface area (TPSA) is 54.0 Å². The molecule has 1 atom stereocenters. The van der Waals surface area contributed by atoms with Crippen LogP contribution in [0.3, 0.4) is 0 Å². The van der Waals surface area contributed by atoms with E-state index in [-0.39, 0.29) is 11.9 Å². The first-order valence-corrected chi connectivity index (χ1v) is 8.34. The Morgan fingerprint density at radius 2 is 1.80 bits per heavy atom. The molecule has 5 heteroatoms. The summed E-state index contributed by atoms with van der Waals surface area (Å²) in [5, 5.41) is 6.75. The molecule has 3 aromatic rings. The van der Waals surface area contributed by atoms with Gasteiger partial charge in [-0.3, -0.25) is 9.78 Å².